The van der Waals surface area contributed by atoms with E-state index in [0.717, 1.165) is 0 Å². The maximum absolute atomic E-state index is 14.4. The molecule has 0 heterocycles. The van der Waals surface area contributed by atoms with Gasteiger partial charge in [-0.15, -0.1) is 0 Å². The number of nitrogens with zero attached hydrogens (tertiary/aromatic N) is 1. The Hall–Kier alpha value is -6.48. The van der Waals surface area contributed by atoms with Crippen LogP contribution in [-0.4, -0.2) is 113 Å². The molecule has 2 aromatic rings. The summed E-state index contributed by atoms with van der Waals surface area (Å²) < 4.78 is 0. The van der Waals surface area contributed by atoms with Gasteiger partial charge in [0, 0.05) is 13.0 Å². The van der Waals surface area contributed by atoms with Crippen LogP contribution in [-0.2, 0) is 46.4 Å². The zero-order valence-corrected chi connectivity index (χ0v) is 37.2. The molecular weight excluding hydrogens is 831 g/mol. The van der Waals surface area contributed by atoms with Gasteiger partial charge < -0.3 is 69.7 Å². The number of phenols is 2. The first-order chi connectivity index (χ1) is 30.3. The molecule has 0 aliphatic rings. The topological polar surface area (TPSA) is 355 Å². The Labute approximate surface area is 373 Å². The minimum Gasteiger partial charge on any atom is -0.508 e. The smallest absolute Gasteiger partial charge is 0.326 e. The third-order valence-electron chi connectivity index (χ3n) is 10.5. The zero-order chi connectivity index (χ0) is 47.9. The lowest BCUT2D eigenvalue weighted by Crippen LogP contribution is -2.59. The number of carbonyl (C=O) groups excluding carboxylic acids is 6. The number of aliphatic imine (C=N–C) groups is 1. The lowest BCUT2D eigenvalue weighted by molar-refractivity contribution is -0.144. The van der Waals surface area contributed by atoms with Crippen LogP contribution in [0, 0.1) is 17.8 Å². The summed E-state index contributed by atoms with van der Waals surface area (Å²) in [5.41, 5.74) is 17.3. The molecule has 21 nitrogen and oxygen atoms in total. The monoisotopic (exact) mass is 898 g/mol. The van der Waals surface area contributed by atoms with Crippen LogP contribution in [0.2, 0.25) is 0 Å². The lowest BCUT2D eigenvalue weighted by atomic mass is 9.93. The van der Waals surface area contributed by atoms with Gasteiger partial charge in [0.15, 0.2) is 5.96 Å². The number of hydrogen-bond donors (Lipinski definition) is 13. The van der Waals surface area contributed by atoms with Gasteiger partial charge in [-0.2, -0.15) is 0 Å². The van der Waals surface area contributed by atoms with Gasteiger partial charge in [0.25, 0.3) is 0 Å². The van der Waals surface area contributed by atoms with Crippen LogP contribution in [0.15, 0.2) is 53.5 Å². The van der Waals surface area contributed by atoms with Crippen LogP contribution >= 0.6 is 0 Å². The number of rotatable bonds is 28. The average Bonchev–Trinajstić information content (AvgIpc) is 3.25. The number of phenolic OH excluding ortho intramolecular Hbond substituents is 2. The van der Waals surface area contributed by atoms with E-state index in [0.29, 0.717) is 36.9 Å². The van der Waals surface area contributed by atoms with Gasteiger partial charge in [0.05, 0.1) is 6.17 Å². The van der Waals surface area contributed by atoms with E-state index in [1.165, 1.54) is 55.5 Å². The van der Waals surface area contributed by atoms with Crippen molar-refractivity contribution in [3.63, 3.8) is 0 Å². The molecule has 0 radical (unpaired) electrons. The Morgan fingerprint density at radius 2 is 1.17 bits per heavy atom. The lowest BCUT2D eigenvalue weighted by Gasteiger charge is -2.29. The van der Waals surface area contributed by atoms with Crippen LogP contribution in [0.4, 0.5) is 0 Å². The molecule has 8 atom stereocenters. The molecule has 0 bridgehead atoms. The number of nitrogens with one attached hydrogen (secondary N) is 7. The maximum Gasteiger partial charge on any atom is 0.326 e. The molecule has 21 heteroatoms. The van der Waals surface area contributed by atoms with Crippen LogP contribution in [0.25, 0.3) is 0 Å². The molecular formula is C43H67N11O10. The predicted molar refractivity (Wildman–Crippen MR) is 239 cm³/mol. The number of nitrogens with two attached hydrogens (primary N) is 3. The molecule has 0 spiro atoms. The van der Waals surface area contributed by atoms with Gasteiger partial charge in [-0.3, -0.25) is 33.8 Å². The number of guanidine groups is 1. The van der Waals surface area contributed by atoms with Crippen molar-refractivity contribution in [2.45, 2.75) is 110 Å². The summed E-state index contributed by atoms with van der Waals surface area (Å²) in [6.07, 6.45) is -0.113. The van der Waals surface area contributed by atoms with Crippen LogP contribution in [0.5, 0.6) is 11.5 Å². The Bertz CT molecular complexity index is 1880. The summed E-state index contributed by atoms with van der Waals surface area (Å²) in [6, 6.07) is 7.94. The van der Waals surface area contributed by atoms with E-state index in [4.69, 9.17) is 17.2 Å². The molecule has 0 saturated heterocycles. The Kier molecular flexibility index (Phi) is 23.1. The average molecular weight is 898 g/mol. The van der Waals surface area contributed by atoms with E-state index in [1.54, 1.807) is 20.9 Å². The van der Waals surface area contributed by atoms with Crippen molar-refractivity contribution < 1.29 is 48.9 Å². The Morgan fingerprint density at radius 3 is 1.70 bits per heavy atom. The predicted octanol–water partition coefficient (Wildman–Crippen LogP) is -0.857. The molecule has 0 aliphatic heterocycles. The molecule has 64 heavy (non-hydrogen) atoms. The van der Waals surface area contributed by atoms with Crippen LogP contribution in [0.1, 0.15) is 77.3 Å². The van der Waals surface area contributed by atoms with Crippen LogP contribution in [0.3, 0.4) is 0 Å². The normalized spacial score (nSPS) is 14.7. The van der Waals surface area contributed by atoms with E-state index in [9.17, 15) is 48.9 Å². The number of hydrogen-bond acceptors (Lipinski definition) is 12. The van der Waals surface area contributed by atoms with Crippen molar-refractivity contribution in [3.05, 3.63) is 59.7 Å². The summed E-state index contributed by atoms with van der Waals surface area (Å²) >= 11 is 0. The van der Waals surface area contributed by atoms with Crippen molar-refractivity contribution in [1.82, 2.24) is 37.2 Å². The number of carbonyl (C=O) groups is 7. The first-order valence-corrected chi connectivity index (χ1v) is 21.3. The summed E-state index contributed by atoms with van der Waals surface area (Å²) in [7, 11) is 1.65. The molecule has 2 rings (SSSR count). The third kappa shape index (κ3) is 18.9. The van der Waals surface area contributed by atoms with Gasteiger partial charge in [0.2, 0.25) is 35.4 Å². The minimum atomic E-state index is -1.50. The van der Waals surface area contributed by atoms with Gasteiger partial charge in [-0.25, -0.2) is 4.79 Å². The molecule has 354 valence electrons. The molecule has 2 aromatic carbocycles. The number of unbranched alkanes of at least 4 members (excludes halogenated alkanes) is 1. The van der Waals surface area contributed by atoms with Crippen molar-refractivity contribution in [2.75, 3.05) is 20.1 Å². The standard InChI is InChI=1S/C43H67N11O10/c1-6-24(2)35(41(62)49-26(4)47-5)54-39(60)31(22-27-12-16-29(55)17-13-27)38(59)51-33(23-28-14-18-30(56)19-15-28)40(61)53-34(11-7-8-20-44)52-37(58)25(3)36(57)50-32(42(63)64)10-9-21-48-43(45)46/h12-19,24-26,31-35,47,55-56H,6-11,20-23,44H2,1-5H3,(H,49,62)(H,50,57)(H,51,59)(H,52,58)(H,53,61)(H,54,60)(H,63,64)(H4,45,46,48). The van der Waals surface area contributed by atoms with E-state index in [2.05, 4.69) is 42.2 Å². The van der Waals surface area contributed by atoms with Crippen molar-refractivity contribution in [2.24, 2.45) is 39.9 Å². The molecule has 0 saturated carbocycles. The second-order valence-corrected chi connectivity index (χ2v) is 15.7. The van der Waals surface area contributed by atoms with Gasteiger partial charge in [-0.1, -0.05) is 44.5 Å². The third-order valence-corrected chi connectivity index (χ3v) is 10.5. The molecule has 0 aromatic heterocycles. The highest BCUT2D eigenvalue weighted by Gasteiger charge is 2.36. The Morgan fingerprint density at radius 1 is 0.641 bits per heavy atom. The van der Waals surface area contributed by atoms with Crippen LogP contribution < -0.4 is 54.4 Å². The van der Waals surface area contributed by atoms with Gasteiger partial charge in [-0.05, 0) is 107 Å². The van der Waals surface area contributed by atoms with Gasteiger partial charge >= 0.3 is 5.97 Å². The van der Waals surface area contributed by atoms with Crippen molar-refractivity contribution in [3.8, 4) is 11.5 Å². The first-order valence-electron chi connectivity index (χ1n) is 21.3. The highest BCUT2D eigenvalue weighted by atomic mass is 16.4. The van der Waals surface area contributed by atoms with Crippen molar-refractivity contribution >= 4 is 47.4 Å². The summed E-state index contributed by atoms with van der Waals surface area (Å²) in [5, 5.41) is 48.4. The highest BCUT2D eigenvalue weighted by molar-refractivity contribution is 6.04. The molecule has 6 amide bonds. The number of amides is 6. The quantitative estimate of drug-likeness (QED) is 0.0163. The van der Waals surface area contributed by atoms with E-state index in [-0.39, 0.29) is 62.0 Å². The number of carboxylic acids is 1. The molecule has 0 aliphatic carbocycles. The Balaban J connectivity index is 2.46. The van der Waals surface area contributed by atoms with Crippen molar-refractivity contribution in [1.29, 1.82) is 0 Å². The summed E-state index contributed by atoms with van der Waals surface area (Å²) in [6.45, 7) is 7.04. The van der Waals surface area contributed by atoms with Gasteiger partial charge in [0.1, 0.15) is 47.6 Å². The number of aliphatic carboxylic acids is 1. The fourth-order valence-electron chi connectivity index (χ4n) is 6.27. The molecule has 8 unspecified atom stereocenters. The maximum atomic E-state index is 14.4. The minimum absolute atomic E-state index is 0.0285. The largest absolute Gasteiger partial charge is 0.508 e. The molecule has 16 N–H and O–H groups in total. The highest BCUT2D eigenvalue weighted by Crippen LogP contribution is 2.18. The second kappa shape index (κ2) is 27.6. The van der Waals surface area contributed by atoms with E-state index in [1.807, 2.05) is 6.92 Å². The second-order valence-electron chi connectivity index (χ2n) is 15.7. The molecule has 0 fully saturated rings. The summed E-state index contributed by atoms with van der Waals surface area (Å²) in [4.78, 5) is 98.5. The fourth-order valence-corrected chi connectivity index (χ4v) is 6.27. The SMILES string of the molecule is CCC(C)C(NC(=O)C(Cc1ccc(O)cc1)C(=O)NC(Cc1ccc(O)cc1)C(=O)NC(CCCCN)NC(=O)C(C)C(=O)NC(CCCN=C(N)N)C(=O)O)C(=O)NC(C)NC. The number of benzene rings is 2. The number of carboxylic acid groups (broad SMARTS) is 1. The fraction of sp³-hybridized carbons (Fsp3) is 0.535. The zero-order valence-electron chi connectivity index (χ0n) is 37.2. The van der Waals surface area contributed by atoms with E-state index >= 15 is 0 Å². The number of aromatic hydroxyl groups is 2. The first kappa shape index (κ1) is 53.7. The summed E-state index contributed by atoms with van der Waals surface area (Å²) in [5.74, 6) is -9.53. The van der Waals surface area contributed by atoms with E-state index < -0.39 is 83.7 Å².